The molecular weight excluding hydrogens is 150 g/mol. The van der Waals surface area contributed by atoms with Crippen LogP contribution in [0.25, 0.3) is 0 Å². The number of aryl methyl sites for hydroxylation is 1. The first-order valence-electron chi connectivity index (χ1n) is 3.91. The fraction of sp³-hybridized carbons (Fsp3) is 0.400. The lowest BCUT2D eigenvalue weighted by molar-refractivity contribution is 0.299. The molecule has 0 aliphatic carbocycles. The summed E-state index contributed by atoms with van der Waals surface area (Å²) >= 11 is 0. The van der Waals surface area contributed by atoms with E-state index in [9.17, 15) is 0 Å². The molecule has 4 N–H and O–H groups in total. The van der Waals surface area contributed by atoms with Gasteiger partial charge in [-0.15, -0.1) is 0 Å². The van der Waals surface area contributed by atoms with Gasteiger partial charge in [0.25, 0.3) is 0 Å². The molecule has 0 radical (unpaired) electrons. The summed E-state index contributed by atoms with van der Waals surface area (Å²) in [4.78, 5) is 0. The van der Waals surface area contributed by atoms with E-state index in [-0.39, 0.29) is 12.8 Å². The van der Waals surface area contributed by atoms with Crippen LogP contribution in [0.4, 0.5) is 0 Å². The zero-order chi connectivity index (χ0) is 8.27. The van der Waals surface area contributed by atoms with Crippen LogP contribution in [-0.4, -0.2) is 11.7 Å². The smallest absolute Gasteiger partial charge is 0.0471 e. The lowest BCUT2D eigenvalue weighted by Gasteiger charge is -2.05. The average molecular weight is 167 g/mol. The van der Waals surface area contributed by atoms with Crippen LogP contribution in [0.1, 0.15) is 16.7 Å². The predicted molar refractivity (Wildman–Crippen MR) is 51.7 cm³/mol. The molecule has 0 amide bonds. The molecule has 68 valence electrons. The minimum atomic E-state index is 0. The Labute approximate surface area is 73.8 Å². The summed E-state index contributed by atoms with van der Waals surface area (Å²) < 4.78 is 0. The van der Waals surface area contributed by atoms with Gasteiger partial charge >= 0.3 is 0 Å². The summed E-state index contributed by atoms with van der Waals surface area (Å²) in [7, 11) is 0. The number of rotatable bonds is 2. The molecule has 1 aromatic carbocycles. The van der Waals surface area contributed by atoms with Gasteiger partial charge in [0.05, 0.1) is 0 Å². The Balaban J connectivity index is 0.00000121. The molecule has 0 aromatic heterocycles. The van der Waals surface area contributed by atoms with E-state index >= 15 is 0 Å². The standard InChI is InChI=1S/C10H14O.H3N/c1-8-4-3-5-10(6-7-11)9(8)2;/h3-5,11H,6-7H2,1-2H3;1H3. The van der Waals surface area contributed by atoms with Crippen LogP contribution in [-0.2, 0) is 6.42 Å². The molecule has 0 saturated heterocycles. The lowest BCUT2D eigenvalue weighted by atomic mass is 10.0. The Hall–Kier alpha value is -0.860. The maximum absolute atomic E-state index is 8.74. The maximum atomic E-state index is 8.74. The first kappa shape index (κ1) is 11.1. The highest BCUT2D eigenvalue weighted by molar-refractivity contribution is 5.33. The molecule has 0 atom stereocenters. The van der Waals surface area contributed by atoms with Crippen molar-refractivity contribution in [2.75, 3.05) is 6.61 Å². The summed E-state index contributed by atoms with van der Waals surface area (Å²) in [5.74, 6) is 0. The SMILES string of the molecule is Cc1cccc(CCO)c1C.N. The number of hydrogen-bond acceptors (Lipinski definition) is 2. The van der Waals surface area contributed by atoms with E-state index < -0.39 is 0 Å². The van der Waals surface area contributed by atoms with E-state index in [0.717, 1.165) is 6.42 Å². The molecule has 0 aliphatic rings. The summed E-state index contributed by atoms with van der Waals surface area (Å²) in [6.07, 6.45) is 0.771. The van der Waals surface area contributed by atoms with Crippen molar-refractivity contribution in [2.45, 2.75) is 20.3 Å². The first-order chi connectivity index (χ1) is 5.25. The van der Waals surface area contributed by atoms with Gasteiger partial charge in [0, 0.05) is 6.61 Å². The predicted octanol–water partition coefficient (Wildman–Crippen LogP) is 2.00. The lowest BCUT2D eigenvalue weighted by Crippen LogP contribution is -1.95. The van der Waals surface area contributed by atoms with Crippen LogP contribution in [0.5, 0.6) is 0 Å². The Morgan fingerprint density at radius 2 is 1.92 bits per heavy atom. The normalized spacial score (nSPS) is 9.25. The number of benzene rings is 1. The van der Waals surface area contributed by atoms with Crippen molar-refractivity contribution in [3.05, 3.63) is 34.9 Å². The Kier molecular flexibility index (Phi) is 4.55. The van der Waals surface area contributed by atoms with Gasteiger partial charge in [0.2, 0.25) is 0 Å². The second-order valence-corrected chi connectivity index (χ2v) is 2.83. The zero-order valence-electron chi connectivity index (χ0n) is 7.80. The fourth-order valence-electron chi connectivity index (χ4n) is 1.20. The number of aliphatic hydroxyl groups is 1. The van der Waals surface area contributed by atoms with Crippen LogP contribution in [0.3, 0.4) is 0 Å². The van der Waals surface area contributed by atoms with Crippen molar-refractivity contribution in [3.63, 3.8) is 0 Å². The van der Waals surface area contributed by atoms with Crippen LogP contribution in [0, 0.1) is 13.8 Å². The van der Waals surface area contributed by atoms with Gasteiger partial charge in [0.15, 0.2) is 0 Å². The van der Waals surface area contributed by atoms with Crippen molar-refractivity contribution < 1.29 is 5.11 Å². The van der Waals surface area contributed by atoms with Gasteiger partial charge in [-0.2, -0.15) is 0 Å². The largest absolute Gasteiger partial charge is 0.396 e. The molecule has 0 aliphatic heterocycles. The average Bonchev–Trinajstić information content (AvgIpc) is 1.99. The van der Waals surface area contributed by atoms with Crippen molar-refractivity contribution in [3.8, 4) is 0 Å². The molecule has 12 heavy (non-hydrogen) atoms. The molecule has 0 heterocycles. The molecule has 0 saturated carbocycles. The minimum Gasteiger partial charge on any atom is -0.396 e. The second-order valence-electron chi connectivity index (χ2n) is 2.83. The van der Waals surface area contributed by atoms with E-state index in [0.29, 0.717) is 0 Å². The summed E-state index contributed by atoms with van der Waals surface area (Å²) in [5.41, 5.74) is 3.87. The van der Waals surface area contributed by atoms with Crippen molar-refractivity contribution in [1.82, 2.24) is 6.15 Å². The van der Waals surface area contributed by atoms with Crippen molar-refractivity contribution in [2.24, 2.45) is 0 Å². The molecular formula is C10H17NO. The second kappa shape index (κ2) is 4.91. The molecule has 0 unspecified atom stereocenters. The fourth-order valence-corrected chi connectivity index (χ4v) is 1.20. The Morgan fingerprint density at radius 1 is 1.25 bits per heavy atom. The molecule has 1 aromatic rings. The highest BCUT2D eigenvalue weighted by atomic mass is 16.2. The summed E-state index contributed by atoms with van der Waals surface area (Å²) in [6, 6.07) is 6.20. The van der Waals surface area contributed by atoms with E-state index in [1.165, 1.54) is 16.7 Å². The van der Waals surface area contributed by atoms with E-state index in [1.54, 1.807) is 0 Å². The van der Waals surface area contributed by atoms with Crippen LogP contribution >= 0.6 is 0 Å². The monoisotopic (exact) mass is 167 g/mol. The molecule has 0 bridgehead atoms. The molecule has 0 spiro atoms. The maximum Gasteiger partial charge on any atom is 0.0471 e. The molecule has 0 fully saturated rings. The van der Waals surface area contributed by atoms with Gasteiger partial charge in [-0.3, -0.25) is 0 Å². The van der Waals surface area contributed by atoms with Crippen molar-refractivity contribution >= 4 is 0 Å². The third kappa shape index (κ3) is 2.32. The van der Waals surface area contributed by atoms with Gasteiger partial charge in [0.1, 0.15) is 0 Å². The topological polar surface area (TPSA) is 55.2 Å². The molecule has 1 rings (SSSR count). The molecule has 2 heteroatoms. The first-order valence-corrected chi connectivity index (χ1v) is 3.91. The minimum absolute atomic E-state index is 0. The zero-order valence-corrected chi connectivity index (χ0v) is 7.80. The van der Waals surface area contributed by atoms with Crippen LogP contribution < -0.4 is 6.15 Å². The highest BCUT2D eigenvalue weighted by Crippen LogP contribution is 2.12. The highest BCUT2D eigenvalue weighted by Gasteiger charge is 1.98. The number of aliphatic hydroxyl groups excluding tert-OH is 1. The molecule has 2 nitrogen and oxygen atoms in total. The van der Waals surface area contributed by atoms with Crippen molar-refractivity contribution in [1.29, 1.82) is 0 Å². The van der Waals surface area contributed by atoms with Gasteiger partial charge in [-0.1, -0.05) is 18.2 Å². The van der Waals surface area contributed by atoms with Crippen LogP contribution in [0.2, 0.25) is 0 Å². The summed E-state index contributed by atoms with van der Waals surface area (Å²) in [6.45, 7) is 4.43. The Morgan fingerprint density at radius 3 is 2.50 bits per heavy atom. The van der Waals surface area contributed by atoms with E-state index in [2.05, 4.69) is 26.0 Å². The van der Waals surface area contributed by atoms with Gasteiger partial charge in [-0.25, -0.2) is 0 Å². The van der Waals surface area contributed by atoms with E-state index in [1.807, 2.05) is 6.07 Å². The Bertz CT molecular complexity index is 246. The third-order valence-electron chi connectivity index (χ3n) is 2.10. The van der Waals surface area contributed by atoms with E-state index in [4.69, 9.17) is 5.11 Å². The van der Waals surface area contributed by atoms with Crippen LogP contribution in [0.15, 0.2) is 18.2 Å². The summed E-state index contributed by atoms with van der Waals surface area (Å²) in [5, 5.41) is 8.74. The quantitative estimate of drug-likeness (QED) is 0.707. The third-order valence-corrected chi connectivity index (χ3v) is 2.10. The number of hydrogen-bond donors (Lipinski definition) is 2. The van der Waals surface area contributed by atoms with Gasteiger partial charge in [-0.05, 0) is 37.0 Å². The van der Waals surface area contributed by atoms with Gasteiger partial charge < -0.3 is 11.3 Å².